The summed E-state index contributed by atoms with van der Waals surface area (Å²) in [5.41, 5.74) is -0.753. The topological polar surface area (TPSA) is 45.4 Å². The molecule has 3 nitrogen and oxygen atoms in total. The number of hydrogen-bond acceptors (Lipinski definition) is 3. The van der Waals surface area contributed by atoms with E-state index in [4.69, 9.17) is 10.00 Å². The monoisotopic (exact) mass is 166 g/mol. The van der Waals surface area contributed by atoms with E-state index in [1.807, 2.05) is 27.7 Å². The van der Waals surface area contributed by atoms with Gasteiger partial charge < -0.3 is 4.74 Å². The highest BCUT2D eigenvalue weighted by molar-refractivity contribution is 5.86. The SMILES string of the molecule is CC1(C)COC(C(C)(C)C#N)=N1. The van der Waals surface area contributed by atoms with Crippen molar-refractivity contribution in [1.29, 1.82) is 5.26 Å². The van der Waals surface area contributed by atoms with Crippen molar-refractivity contribution in [3.63, 3.8) is 0 Å². The van der Waals surface area contributed by atoms with Gasteiger partial charge in [-0.05, 0) is 27.7 Å². The molecule has 0 aromatic rings. The molecule has 0 amide bonds. The molecule has 1 aliphatic rings. The second kappa shape index (κ2) is 2.48. The molecule has 1 heterocycles. The highest BCUT2D eigenvalue weighted by Gasteiger charge is 2.35. The van der Waals surface area contributed by atoms with Crippen LogP contribution in [0, 0.1) is 16.7 Å². The number of nitriles is 1. The molecule has 0 fully saturated rings. The smallest absolute Gasteiger partial charge is 0.204 e. The summed E-state index contributed by atoms with van der Waals surface area (Å²) < 4.78 is 5.35. The van der Waals surface area contributed by atoms with E-state index in [1.54, 1.807) is 0 Å². The quantitative estimate of drug-likeness (QED) is 0.595. The largest absolute Gasteiger partial charge is 0.477 e. The first-order valence-corrected chi connectivity index (χ1v) is 4.02. The van der Waals surface area contributed by atoms with Crippen LogP contribution in [0.15, 0.2) is 4.99 Å². The van der Waals surface area contributed by atoms with Gasteiger partial charge in [-0.25, -0.2) is 4.99 Å². The molecule has 0 aromatic carbocycles. The Morgan fingerprint density at radius 1 is 1.58 bits per heavy atom. The van der Waals surface area contributed by atoms with Gasteiger partial charge in [-0.3, -0.25) is 0 Å². The Kier molecular flexibility index (Phi) is 1.87. The maximum atomic E-state index is 8.81. The van der Waals surface area contributed by atoms with Crippen LogP contribution in [-0.4, -0.2) is 18.0 Å². The number of nitrogens with zero attached hydrogens (tertiary/aromatic N) is 2. The van der Waals surface area contributed by atoms with Gasteiger partial charge in [0.15, 0.2) is 0 Å². The van der Waals surface area contributed by atoms with Crippen molar-refractivity contribution in [2.24, 2.45) is 10.4 Å². The molecule has 0 saturated heterocycles. The Hall–Kier alpha value is -1.04. The summed E-state index contributed by atoms with van der Waals surface area (Å²) in [4.78, 5) is 4.33. The lowest BCUT2D eigenvalue weighted by Gasteiger charge is -2.13. The van der Waals surface area contributed by atoms with E-state index in [1.165, 1.54) is 0 Å². The minimum atomic E-state index is -0.590. The molecule has 0 radical (unpaired) electrons. The third kappa shape index (κ3) is 1.58. The van der Waals surface area contributed by atoms with Gasteiger partial charge in [0.05, 0.1) is 11.6 Å². The van der Waals surface area contributed by atoms with Crippen LogP contribution >= 0.6 is 0 Å². The Morgan fingerprint density at radius 2 is 2.17 bits per heavy atom. The Morgan fingerprint density at radius 3 is 2.50 bits per heavy atom. The molecule has 1 rings (SSSR count). The second-order valence-corrected chi connectivity index (χ2v) is 4.25. The average Bonchev–Trinajstić information content (AvgIpc) is 2.31. The Labute approximate surface area is 73.1 Å². The predicted octanol–water partition coefficient (Wildman–Crippen LogP) is 1.74. The summed E-state index contributed by atoms with van der Waals surface area (Å²) in [7, 11) is 0. The first kappa shape index (κ1) is 9.05. The van der Waals surface area contributed by atoms with Gasteiger partial charge in [0, 0.05) is 0 Å². The summed E-state index contributed by atoms with van der Waals surface area (Å²) in [5, 5.41) is 8.81. The minimum absolute atomic E-state index is 0.163. The number of ether oxygens (including phenoxy) is 1. The van der Waals surface area contributed by atoms with Gasteiger partial charge in [0.2, 0.25) is 5.90 Å². The van der Waals surface area contributed by atoms with E-state index in [-0.39, 0.29) is 5.54 Å². The van der Waals surface area contributed by atoms with E-state index in [9.17, 15) is 0 Å². The molecule has 0 unspecified atom stereocenters. The fraction of sp³-hybridized carbons (Fsp3) is 0.778. The number of rotatable bonds is 1. The Balaban J connectivity index is 2.88. The van der Waals surface area contributed by atoms with Gasteiger partial charge in [-0.1, -0.05) is 0 Å². The number of aliphatic imine (C=N–C) groups is 1. The third-order valence-corrected chi connectivity index (χ3v) is 1.78. The van der Waals surface area contributed by atoms with Crippen molar-refractivity contribution >= 4 is 5.90 Å². The molecule has 0 atom stereocenters. The van der Waals surface area contributed by atoms with Gasteiger partial charge in [-0.2, -0.15) is 5.26 Å². The highest BCUT2D eigenvalue weighted by atomic mass is 16.5. The van der Waals surface area contributed by atoms with Crippen LogP contribution in [0.4, 0.5) is 0 Å². The van der Waals surface area contributed by atoms with Gasteiger partial charge >= 0.3 is 0 Å². The van der Waals surface area contributed by atoms with E-state index >= 15 is 0 Å². The van der Waals surface area contributed by atoms with Crippen molar-refractivity contribution in [3.8, 4) is 6.07 Å². The molecule has 0 N–H and O–H groups in total. The zero-order valence-corrected chi connectivity index (χ0v) is 8.01. The lowest BCUT2D eigenvalue weighted by atomic mass is 9.96. The maximum absolute atomic E-state index is 8.81. The summed E-state index contributed by atoms with van der Waals surface area (Å²) >= 11 is 0. The lowest BCUT2D eigenvalue weighted by Crippen LogP contribution is -2.22. The third-order valence-electron chi connectivity index (χ3n) is 1.78. The van der Waals surface area contributed by atoms with E-state index in [0.717, 1.165) is 0 Å². The summed E-state index contributed by atoms with van der Waals surface area (Å²) in [6.45, 7) is 8.19. The van der Waals surface area contributed by atoms with Gasteiger partial charge in [-0.15, -0.1) is 0 Å². The maximum Gasteiger partial charge on any atom is 0.204 e. The first-order chi connectivity index (χ1) is 5.37. The molecule has 12 heavy (non-hydrogen) atoms. The van der Waals surface area contributed by atoms with Gasteiger partial charge in [0.1, 0.15) is 12.0 Å². The Bertz CT molecular complexity index is 258. The van der Waals surface area contributed by atoms with Crippen LogP contribution in [0.25, 0.3) is 0 Å². The van der Waals surface area contributed by atoms with E-state index in [0.29, 0.717) is 12.5 Å². The zero-order valence-electron chi connectivity index (χ0n) is 8.01. The molecule has 0 spiro atoms. The van der Waals surface area contributed by atoms with Crippen LogP contribution in [0.2, 0.25) is 0 Å². The average molecular weight is 166 g/mol. The summed E-state index contributed by atoms with van der Waals surface area (Å²) in [5.74, 6) is 0.565. The molecule has 0 bridgehead atoms. The van der Waals surface area contributed by atoms with Crippen molar-refractivity contribution < 1.29 is 4.74 Å². The minimum Gasteiger partial charge on any atom is -0.477 e. The molecule has 3 heteroatoms. The molecule has 0 aromatic heterocycles. The molecular formula is C9H14N2O. The van der Waals surface area contributed by atoms with E-state index < -0.39 is 5.41 Å². The molecule has 1 aliphatic heterocycles. The molecular weight excluding hydrogens is 152 g/mol. The van der Waals surface area contributed by atoms with Crippen LogP contribution in [0.5, 0.6) is 0 Å². The van der Waals surface area contributed by atoms with Gasteiger partial charge in [0.25, 0.3) is 0 Å². The normalized spacial score (nSPS) is 21.1. The van der Waals surface area contributed by atoms with Crippen LogP contribution in [0.3, 0.4) is 0 Å². The second-order valence-electron chi connectivity index (χ2n) is 4.25. The summed E-state index contributed by atoms with van der Waals surface area (Å²) in [6.07, 6.45) is 0. The molecule has 0 saturated carbocycles. The fourth-order valence-corrected chi connectivity index (χ4v) is 0.952. The van der Waals surface area contributed by atoms with Crippen molar-refractivity contribution in [3.05, 3.63) is 0 Å². The summed E-state index contributed by atoms with van der Waals surface area (Å²) in [6, 6.07) is 2.17. The van der Waals surface area contributed by atoms with Crippen molar-refractivity contribution in [1.82, 2.24) is 0 Å². The van der Waals surface area contributed by atoms with Crippen molar-refractivity contribution in [2.75, 3.05) is 6.61 Å². The number of hydrogen-bond donors (Lipinski definition) is 0. The van der Waals surface area contributed by atoms with Crippen LogP contribution in [0.1, 0.15) is 27.7 Å². The predicted molar refractivity (Wildman–Crippen MR) is 46.9 cm³/mol. The van der Waals surface area contributed by atoms with Crippen LogP contribution < -0.4 is 0 Å². The van der Waals surface area contributed by atoms with Crippen LogP contribution in [-0.2, 0) is 4.74 Å². The highest BCUT2D eigenvalue weighted by Crippen LogP contribution is 2.26. The molecule has 0 aliphatic carbocycles. The standard InChI is InChI=1S/C9H14N2O/c1-8(2,5-10)7-11-9(3,4)6-12-7/h6H2,1-4H3. The van der Waals surface area contributed by atoms with Crippen molar-refractivity contribution in [2.45, 2.75) is 33.2 Å². The zero-order chi connectivity index (χ0) is 9.41. The van der Waals surface area contributed by atoms with E-state index in [2.05, 4.69) is 11.1 Å². The lowest BCUT2D eigenvalue weighted by molar-refractivity contribution is 0.261. The molecule has 66 valence electrons. The fourth-order valence-electron chi connectivity index (χ4n) is 0.952. The first-order valence-electron chi connectivity index (χ1n) is 4.02.